The number of rotatable bonds is 3. The standard InChI is InChI=1S/C13H15N3.HI/c1-3-16-9-5-4-6-13(16)15-12-10-11(2)7-8-14-12;/h4-10H,3H2,1-2H3;1H. The zero-order valence-electron chi connectivity index (χ0n) is 10.0. The van der Waals surface area contributed by atoms with Crippen LogP contribution < -0.4 is 33.9 Å². The summed E-state index contributed by atoms with van der Waals surface area (Å²) < 4.78 is 2.14. The van der Waals surface area contributed by atoms with Crippen molar-refractivity contribution in [2.75, 3.05) is 5.32 Å². The van der Waals surface area contributed by atoms with Crippen molar-refractivity contribution in [1.82, 2.24) is 4.98 Å². The minimum absolute atomic E-state index is 0. The quantitative estimate of drug-likeness (QED) is 0.599. The van der Waals surface area contributed by atoms with Crippen molar-refractivity contribution in [3.63, 3.8) is 0 Å². The Labute approximate surface area is 119 Å². The van der Waals surface area contributed by atoms with E-state index in [0.717, 1.165) is 18.2 Å². The first-order chi connectivity index (χ1) is 7.79. The molecule has 4 heteroatoms. The molecular formula is C13H16IN3. The van der Waals surface area contributed by atoms with Gasteiger partial charge >= 0.3 is 0 Å². The van der Waals surface area contributed by atoms with E-state index in [-0.39, 0.29) is 24.0 Å². The number of hydrogen-bond donors (Lipinski definition) is 1. The third kappa shape index (κ3) is 3.66. The predicted octanol–water partition coefficient (Wildman–Crippen LogP) is -0.555. The zero-order valence-corrected chi connectivity index (χ0v) is 12.2. The van der Waals surface area contributed by atoms with Crippen molar-refractivity contribution in [3.8, 4) is 0 Å². The number of nitrogens with zero attached hydrogens (tertiary/aromatic N) is 2. The summed E-state index contributed by atoms with van der Waals surface area (Å²) in [4.78, 5) is 4.29. The smallest absolute Gasteiger partial charge is 0.280 e. The van der Waals surface area contributed by atoms with Gasteiger partial charge in [-0.05, 0) is 31.5 Å². The van der Waals surface area contributed by atoms with Crippen LogP contribution in [0.4, 0.5) is 11.6 Å². The van der Waals surface area contributed by atoms with E-state index in [1.165, 1.54) is 5.56 Å². The molecule has 1 N–H and O–H groups in total. The lowest BCUT2D eigenvalue weighted by molar-refractivity contribution is -0.679. The fourth-order valence-electron chi connectivity index (χ4n) is 1.60. The lowest BCUT2D eigenvalue weighted by Crippen LogP contribution is -3.00. The fraction of sp³-hybridized carbons (Fsp3) is 0.231. The summed E-state index contributed by atoms with van der Waals surface area (Å²) in [5.74, 6) is 1.94. The van der Waals surface area contributed by atoms with Crippen LogP contribution in [0.3, 0.4) is 0 Å². The molecule has 2 aromatic rings. The topological polar surface area (TPSA) is 28.8 Å². The van der Waals surface area contributed by atoms with Crippen molar-refractivity contribution in [2.24, 2.45) is 0 Å². The van der Waals surface area contributed by atoms with Crippen LogP contribution in [0.15, 0.2) is 42.7 Å². The number of anilines is 2. The molecule has 0 saturated carbocycles. The first-order valence-corrected chi connectivity index (χ1v) is 5.47. The van der Waals surface area contributed by atoms with Gasteiger partial charge < -0.3 is 24.0 Å². The summed E-state index contributed by atoms with van der Waals surface area (Å²) >= 11 is 0. The van der Waals surface area contributed by atoms with E-state index in [2.05, 4.69) is 34.9 Å². The summed E-state index contributed by atoms with van der Waals surface area (Å²) in [5.41, 5.74) is 1.21. The zero-order chi connectivity index (χ0) is 11.4. The van der Waals surface area contributed by atoms with Crippen LogP contribution >= 0.6 is 0 Å². The minimum Gasteiger partial charge on any atom is -1.00 e. The summed E-state index contributed by atoms with van der Waals surface area (Å²) in [6, 6.07) is 10.1. The first-order valence-electron chi connectivity index (χ1n) is 5.47. The molecule has 2 aromatic heterocycles. The van der Waals surface area contributed by atoms with Crippen molar-refractivity contribution in [3.05, 3.63) is 48.3 Å². The number of aryl methyl sites for hydroxylation is 2. The maximum Gasteiger partial charge on any atom is 0.280 e. The molecule has 0 aliphatic heterocycles. The molecule has 0 spiro atoms. The Morgan fingerprint density at radius 3 is 2.82 bits per heavy atom. The van der Waals surface area contributed by atoms with Crippen LogP contribution in [0, 0.1) is 6.92 Å². The Bertz CT molecular complexity index is 486. The molecule has 0 fully saturated rings. The Balaban J connectivity index is 0.00000144. The molecule has 0 unspecified atom stereocenters. The number of aromatic nitrogens is 2. The molecule has 3 nitrogen and oxygen atoms in total. The molecular weight excluding hydrogens is 325 g/mol. The van der Waals surface area contributed by atoms with Gasteiger partial charge in [0.2, 0.25) is 5.82 Å². The van der Waals surface area contributed by atoms with Crippen molar-refractivity contribution >= 4 is 11.6 Å². The molecule has 0 bridgehead atoms. The van der Waals surface area contributed by atoms with Crippen LogP contribution in [0.25, 0.3) is 0 Å². The van der Waals surface area contributed by atoms with Gasteiger partial charge in [0, 0.05) is 18.3 Å². The highest BCUT2D eigenvalue weighted by molar-refractivity contribution is 5.49. The molecule has 0 aromatic carbocycles. The minimum atomic E-state index is 0. The molecule has 0 aliphatic rings. The van der Waals surface area contributed by atoms with E-state index in [0.29, 0.717) is 0 Å². The van der Waals surface area contributed by atoms with Gasteiger partial charge in [0.25, 0.3) is 5.82 Å². The van der Waals surface area contributed by atoms with E-state index in [1.54, 1.807) is 0 Å². The van der Waals surface area contributed by atoms with Gasteiger partial charge in [0.1, 0.15) is 0 Å². The highest BCUT2D eigenvalue weighted by atomic mass is 127. The van der Waals surface area contributed by atoms with Gasteiger partial charge in [-0.1, -0.05) is 6.07 Å². The monoisotopic (exact) mass is 341 g/mol. The average Bonchev–Trinajstić information content (AvgIpc) is 2.30. The van der Waals surface area contributed by atoms with E-state index in [4.69, 9.17) is 0 Å². The summed E-state index contributed by atoms with van der Waals surface area (Å²) in [6.45, 7) is 5.12. The van der Waals surface area contributed by atoms with Crippen molar-refractivity contribution in [1.29, 1.82) is 0 Å². The second kappa shape index (κ2) is 6.54. The van der Waals surface area contributed by atoms with E-state index in [1.807, 2.05) is 36.5 Å². The first kappa shape index (κ1) is 13.9. The Morgan fingerprint density at radius 1 is 1.29 bits per heavy atom. The summed E-state index contributed by atoms with van der Waals surface area (Å²) in [6.07, 6.45) is 3.87. The Morgan fingerprint density at radius 2 is 2.12 bits per heavy atom. The van der Waals surface area contributed by atoms with Gasteiger partial charge in [0.05, 0.1) is 12.7 Å². The van der Waals surface area contributed by atoms with Crippen LogP contribution in [0.5, 0.6) is 0 Å². The van der Waals surface area contributed by atoms with Crippen LogP contribution in [-0.2, 0) is 6.54 Å². The predicted molar refractivity (Wildman–Crippen MR) is 64.6 cm³/mol. The molecule has 90 valence electrons. The normalized spacial score (nSPS) is 9.53. The van der Waals surface area contributed by atoms with Gasteiger partial charge in [0.15, 0.2) is 0 Å². The Kier molecular flexibility index (Phi) is 5.34. The van der Waals surface area contributed by atoms with Gasteiger partial charge in [-0.25, -0.2) is 14.9 Å². The second-order valence-electron chi connectivity index (χ2n) is 3.72. The molecule has 17 heavy (non-hydrogen) atoms. The number of pyridine rings is 2. The van der Waals surface area contributed by atoms with Crippen LogP contribution in [0.1, 0.15) is 12.5 Å². The maximum atomic E-state index is 4.29. The maximum absolute atomic E-state index is 4.29. The second-order valence-corrected chi connectivity index (χ2v) is 3.72. The van der Waals surface area contributed by atoms with E-state index < -0.39 is 0 Å². The molecule has 0 aliphatic carbocycles. The highest BCUT2D eigenvalue weighted by Crippen LogP contribution is 2.10. The summed E-state index contributed by atoms with van der Waals surface area (Å²) in [5, 5.41) is 3.32. The molecule has 0 amide bonds. The largest absolute Gasteiger partial charge is 1.00 e. The Hall–Kier alpha value is -1.17. The SMILES string of the molecule is CC[n+]1ccccc1Nc1cc(C)ccn1.[I-]. The van der Waals surface area contributed by atoms with Gasteiger partial charge in [-0.15, -0.1) is 0 Å². The molecule has 0 atom stereocenters. The van der Waals surface area contributed by atoms with Crippen LogP contribution in [0.2, 0.25) is 0 Å². The van der Waals surface area contributed by atoms with Crippen molar-refractivity contribution < 1.29 is 28.5 Å². The summed E-state index contributed by atoms with van der Waals surface area (Å²) in [7, 11) is 0. The number of nitrogens with one attached hydrogen (secondary N) is 1. The molecule has 2 heterocycles. The van der Waals surface area contributed by atoms with Crippen LogP contribution in [-0.4, -0.2) is 4.98 Å². The highest BCUT2D eigenvalue weighted by Gasteiger charge is 2.07. The molecule has 2 rings (SSSR count). The molecule has 0 saturated heterocycles. The van der Waals surface area contributed by atoms with Crippen molar-refractivity contribution in [2.45, 2.75) is 20.4 Å². The fourth-order valence-corrected chi connectivity index (χ4v) is 1.60. The molecule has 0 radical (unpaired) electrons. The van der Waals surface area contributed by atoms with Gasteiger partial charge in [-0.3, -0.25) is 0 Å². The van der Waals surface area contributed by atoms with Gasteiger partial charge in [-0.2, -0.15) is 0 Å². The lowest BCUT2D eigenvalue weighted by Gasteiger charge is -2.04. The number of hydrogen-bond acceptors (Lipinski definition) is 2. The third-order valence-electron chi connectivity index (χ3n) is 2.45. The average molecular weight is 341 g/mol. The van der Waals surface area contributed by atoms with E-state index in [9.17, 15) is 0 Å². The number of halogens is 1. The van der Waals surface area contributed by atoms with E-state index >= 15 is 0 Å². The lowest BCUT2D eigenvalue weighted by atomic mass is 10.3. The third-order valence-corrected chi connectivity index (χ3v) is 2.45.